The molecule has 2 rings (SSSR count). The molecule has 2 aliphatic carbocycles. The Morgan fingerprint density at radius 3 is 2.67 bits per heavy atom. The summed E-state index contributed by atoms with van der Waals surface area (Å²) in [5.74, 6) is 2.76. The predicted molar refractivity (Wildman–Crippen MR) is 63.5 cm³/mol. The second kappa shape index (κ2) is 4.29. The van der Waals surface area contributed by atoms with Crippen LogP contribution in [0, 0.1) is 23.7 Å². The first-order valence-corrected chi connectivity index (χ1v) is 6.45. The van der Waals surface area contributed by atoms with Crippen LogP contribution >= 0.6 is 0 Å². The summed E-state index contributed by atoms with van der Waals surface area (Å²) in [4.78, 5) is 0. The summed E-state index contributed by atoms with van der Waals surface area (Å²) >= 11 is 0. The molecule has 1 nitrogen and oxygen atoms in total. The van der Waals surface area contributed by atoms with E-state index in [4.69, 9.17) is 0 Å². The Balaban J connectivity index is 2.20. The first-order valence-electron chi connectivity index (χ1n) is 6.45. The molecule has 0 saturated heterocycles. The fourth-order valence-corrected chi connectivity index (χ4v) is 3.56. The summed E-state index contributed by atoms with van der Waals surface area (Å²) in [5, 5.41) is 10.1. The molecular weight excluding hydrogens is 184 g/mol. The molecule has 0 aliphatic heterocycles. The molecular formula is C14H24O. The maximum atomic E-state index is 10.1. The minimum atomic E-state index is -0.0330. The number of fused-ring (bicyclic) bond motifs is 1. The molecule has 0 aromatic carbocycles. The van der Waals surface area contributed by atoms with Gasteiger partial charge in [0, 0.05) is 0 Å². The predicted octanol–water partition coefficient (Wildman–Crippen LogP) is 3.39. The zero-order valence-corrected chi connectivity index (χ0v) is 10.2. The number of hydrogen-bond donors (Lipinski definition) is 1. The van der Waals surface area contributed by atoms with Crippen LogP contribution in [-0.2, 0) is 0 Å². The topological polar surface area (TPSA) is 20.2 Å². The zero-order valence-electron chi connectivity index (χ0n) is 10.2. The van der Waals surface area contributed by atoms with Crippen LogP contribution in [0.1, 0.15) is 46.5 Å². The van der Waals surface area contributed by atoms with Gasteiger partial charge in [-0.15, -0.1) is 0 Å². The standard InChI is InChI=1S/C14H24O/c1-9(2)11-6-7-14(15)12-5-4-10(3)8-13(11)12/h8-9,11-15H,4-7H2,1-3H3/t11-,12-,13+,14-/m1/s1. The molecule has 1 saturated carbocycles. The van der Waals surface area contributed by atoms with Crippen LogP contribution in [-0.4, -0.2) is 11.2 Å². The number of rotatable bonds is 1. The number of hydrogen-bond acceptors (Lipinski definition) is 1. The highest BCUT2D eigenvalue weighted by Gasteiger charge is 2.39. The summed E-state index contributed by atoms with van der Waals surface area (Å²) in [6, 6.07) is 0. The first kappa shape index (κ1) is 11.2. The monoisotopic (exact) mass is 208 g/mol. The molecule has 0 heterocycles. The van der Waals surface area contributed by atoms with Crippen molar-refractivity contribution >= 4 is 0 Å². The van der Waals surface area contributed by atoms with E-state index in [0.717, 1.165) is 18.3 Å². The van der Waals surface area contributed by atoms with Gasteiger partial charge < -0.3 is 5.11 Å². The van der Waals surface area contributed by atoms with Crippen LogP contribution in [0.2, 0.25) is 0 Å². The highest BCUT2D eigenvalue weighted by atomic mass is 16.3. The fraction of sp³-hybridized carbons (Fsp3) is 0.857. The minimum absolute atomic E-state index is 0.0330. The molecule has 1 fully saturated rings. The van der Waals surface area contributed by atoms with Crippen molar-refractivity contribution < 1.29 is 5.11 Å². The summed E-state index contributed by atoms with van der Waals surface area (Å²) < 4.78 is 0. The lowest BCUT2D eigenvalue weighted by Crippen LogP contribution is -2.40. The normalized spacial score (nSPS) is 41.3. The Labute approximate surface area is 93.6 Å². The van der Waals surface area contributed by atoms with E-state index >= 15 is 0 Å². The number of allylic oxidation sites excluding steroid dienone is 2. The van der Waals surface area contributed by atoms with E-state index in [9.17, 15) is 5.11 Å². The van der Waals surface area contributed by atoms with Crippen molar-refractivity contribution in [3.8, 4) is 0 Å². The quantitative estimate of drug-likeness (QED) is 0.655. The summed E-state index contributed by atoms with van der Waals surface area (Å²) in [7, 11) is 0. The van der Waals surface area contributed by atoms with E-state index in [0.29, 0.717) is 11.8 Å². The highest BCUT2D eigenvalue weighted by Crippen LogP contribution is 2.45. The van der Waals surface area contributed by atoms with Crippen LogP contribution < -0.4 is 0 Å². The van der Waals surface area contributed by atoms with Gasteiger partial charge in [-0.2, -0.15) is 0 Å². The van der Waals surface area contributed by atoms with Gasteiger partial charge in [0.25, 0.3) is 0 Å². The van der Waals surface area contributed by atoms with Gasteiger partial charge in [-0.3, -0.25) is 0 Å². The van der Waals surface area contributed by atoms with Crippen molar-refractivity contribution in [3.63, 3.8) is 0 Å². The van der Waals surface area contributed by atoms with Gasteiger partial charge in [0.15, 0.2) is 0 Å². The molecule has 0 radical (unpaired) electrons. The highest BCUT2D eigenvalue weighted by molar-refractivity contribution is 5.11. The Morgan fingerprint density at radius 2 is 2.00 bits per heavy atom. The van der Waals surface area contributed by atoms with Gasteiger partial charge in [0.2, 0.25) is 0 Å². The Hall–Kier alpha value is -0.300. The van der Waals surface area contributed by atoms with Crippen LogP contribution in [0.25, 0.3) is 0 Å². The Morgan fingerprint density at radius 1 is 1.27 bits per heavy atom. The summed E-state index contributed by atoms with van der Waals surface area (Å²) in [6.45, 7) is 6.91. The Bertz CT molecular complexity index is 254. The largest absolute Gasteiger partial charge is 0.393 e. The van der Waals surface area contributed by atoms with Crippen molar-refractivity contribution in [1.82, 2.24) is 0 Å². The number of aliphatic hydroxyl groups is 1. The second-order valence-electron chi connectivity index (χ2n) is 5.85. The molecule has 0 bridgehead atoms. The lowest BCUT2D eigenvalue weighted by Gasteiger charge is -2.44. The molecule has 2 aliphatic rings. The van der Waals surface area contributed by atoms with E-state index in [1.807, 2.05) is 0 Å². The smallest absolute Gasteiger partial charge is 0.0574 e. The minimum Gasteiger partial charge on any atom is -0.393 e. The third-order valence-corrected chi connectivity index (χ3v) is 4.48. The van der Waals surface area contributed by atoms with E-state index in [-0.39, 0.29) is 6.10 Å². The van der Waals surface area contributed by atoms with Crippen molar-refractivity contribution in [1.29, 1.82) is 0 Å². The van der Waals surface area contributed by atoms with E-state index in [2.05, 4.69) is 26.8 Å². The molecule has 4 atom stereocenters. The SMILES string of the molecule is CC1=C[C@@H]2[C@@H](CC1)[C@H](O)CC[C@@H]2C(C)C. The fourth-order valence-electron chi connectivity index (χ4n) is 3.56. The van der Waals surface area contributed by atoms with Gasteiger partial charge in [0.1, 0.15) is 0 Å². The molecule has 1 heteroatoms. The van der Waals surface area contributed by atoms with Gasteiger partial charge >= 0.3 is 0 Å². The van der Waals surface area contributed by atoms with Crippen molar-refractivity contribution in [2.45, 2.75) is 52.6 Å². The lowest BCUT2D eigenvalue weighted by molar-refractivity contribution is -0.000989. The van der Waals surface area contributed by atoms with Crippen LogP contribution in [0.3, 0.4) is 0 Å². The molecule has 0 aromatic rings. The molecule has 1 N–H and O–H groups in total. The average molecular weight is 208 g/mol. The van der Waals surface area contributed by atoms with Gasteiger partial charge in [-0.1, -0.05) is 25.5 Å². The molecule has 86 valence electrons. The maximum absolute atomic E-state index is 10.1. The van der Waals surface area contributed by atoms with Gasteiger partial charge in [-0.25, -0.2) is 0 Å². The molecule has 0 amide bonds. The average Bonchev–Trinajstić information content (AvgIpc) is 2.17. The Kier molecular flexibility index (Phi) is 3.20. The van der Waals surface area contributed by atoms with E-state index in [1.165, 1.54) is 24.8 Å². The summed E-state index contributed by atoms with van der Waals surface area (Å²) in [6.07, 6.45) is 7.07. The van der Waals surface area contributed by atoms with Crippen LogP contribution in [0.15, 0.2) is 11.6 Å². The molecule has 0 spiro atoms. The van der Waals surface area contributed by atoms with Crippen molar-refractivity contribution in [2.24, 2.45) is 23.7 Å². The van der Waals surface area contributed by atoms with Crippen molar-refractivity contribution in [2.75, 3.05) is 0 Å². The first-order chi connectivity index (χ1) is 7.09. The second-order valence-corrected chi connectivity index (χ2v) is 5.85. The van der Waals surface area contributed by atoms with Crippen LogP contribution in [0.4, 0.5) is 0 Å². The lowest BCUT2D eigenvalue weighted by atomic mass is 9.63. The van der Waals surface area contributed by atoms with Gasteiger partial charge in [-0.05, 0) is 56.3 Å². The third kappa shape index (κ3) is 2.13. The third-order valence-electron chi connectivity index (χ3n) is 4.48. The molecule has 0 unspecified atom stereocenters. The van der Waals surface area contributed by atoms with Crippen molar-refractivity contribution in [3.05, 3.63) is 11.6 Å². The van der Waals surface area contributed by atoms with E-state index < -0.39 is 0 Å². The summed E-state index contributed by atoms with van der Waals surface area (Å²) in [5.41, 5.74) is 1.54. The van der Waals surface area contributed by atoms with Gasteiger partial charge in [0.05, 0.1) is 6.10 Å². The van der Waals surface area contributed by atoms with Crippen LogP contribution in [0.5, 0.6) is 0 Å². The maximum Gasteiger partial charge on any atom is 0.0574 e. The molecule has 0 aromatic heterocycles. The molecule has 15 heavy (non-hydrogen) atoms. The van der Waals surface area contributed by atoms with E-state index in [1.54, 1.807) is 0 Å². The number of aliphatic hydroxyl groups excluding tert-OH is 1. The zero-order chi connectivity index (χ0) is 11.0.